The first-order chi connectivity index (χ1) is 54.2. The van der Waals surface area contributed by atoms with Crippen LogP contribution in [-0.4, -0.2) is 44.1 Å². The Labute approximate surface area is 633 Å². The largest absolute Gasteiger partial charge is 0.334 e. The highest BCUT2D eigenvalue weighted by atomic mass is 16.5. The van der Waals surface area contributed by atoms with Crippen LogP contribution in [0, 0.1) is 0 Å². The van der Waals surface area contributed by atoms with Crippen LogP contribution in [0.2, 0.25) is 0 Å². The highest BCUT2D eigenvalue weighted by Gasteiger charge is 2.22. The summed E-state index contributed by atoms with van der Waals surface area (Å²) in [6, 6.07) is 126. The average molecular weight is 1420 g/mol. The molecule has 21 rings (SSSR count). The molecule has 0 atom stereocenters. The summed E-state index contributed by atoms with van der Waals surface area (Å²) in [7, 11) is 0. The molecule has 6 aromatic heterocycles. The first kappa shape index (κ1) is 66.1. The molecular weight excluding hydrogens is 1350 g/mol. The molecule has 524 valence electrons. The molecule has 0 unspecified atom stereocenters. The Morgan fingerprint density at radius 3 is 0.945 bits per heavy atom. The Hall–Kier alpha value is -14.6. The van der Waals surface area contributed by atoms with Gasteiger partial charge in [0.05, 0.1) is 33.1 Å². The molecule has 0 aliphatic carbocycles. The Bertz CT molecular complexity index is 6900. The minimum atomic E-state index is 0.0989. The lowest BCUT2D eigenvalue weighted by Crippen LogP contribution is -2.10. The minimum Gasteiger partial charge on any atom is -0.334 e. The van der Waals surface area contributed by atoms with Crippen LogP contribution in [0.1, 0.15) is 26.3 Å². The summed E-state index contributed by atoms with van der Waals surface area (Å²) in [6.07, 6.45) is 0. The molecule has 0 bridgehead atoms. The van der Waals surface area contributed by atoms with E-state index in [4.69, 9.17) is 13.6 Å². The molecule has 0 spiro atoms. The number of hydrogen-bond acceptors (Lipinski definition) is 9. The van der Waals surface area contributed by atoms with E-state index in [0.29, 0.717) is 35.1 Å². The summed E-state index contributed by atoms with van der Waals surface area (Å²) in [5.41, 5.74) is 22.2. The molecule has 0 saturated heterocycles. The molecule has 0 aliphatic rings. The third kappa shape index (κ3) is 12.4. The van der Waals surface area contributed by atoms with Crippen molar-refractivity contribution in [3.05, 3.63) is 370 Å². The van der Waals surface area contributed by atoms with Gasteiger partial charge in [-0.1, -0.05) is 273 Å². The third-order valence-corrected chi connectivity index (χ3v) is 20.6. The van der Waals surface area contributed by atoms with E-state index < -0.39 is 0 Å². The summed E-state index contributed by atoms with van der Waals surface area (Å²) in [5, 5.41) is 22.5. The predicted octanol–water partition coefficient (Wildman–Crippen LogP) is 25.3. The van der Waals surface area contributed by atoms with E-state index in [1.54, 1.807) is 0 Å². The van der Waals surface area contributed by atoms with Gasteiger partial charge >= 0.3 is 0 Å². The van der Waals surface area contributed by atoms with E-state index >= 15 is 0 Å². The van der Waals surface area contributed by atoms with E-state index in [1.165, 1.54) is 104 Å². The van der Waals surface area contributed by atoms with Gasteiger partial charge in [0.15, 0.2) is 0 Å². The van der Waals surface area contributed by atoms with Gasteiger partial charge in [-0.05, 0) is 171 Å². The molecule has 0 aliphatic heterocycles. The maximum absolute atomic E-state index is 5.59. The number of para-hydroxylation sites is 3. The van der Waals surface area contributed by atoms with Gasteiger partial charge in [0.25, 0.3) is 17.7 Å². The SMILES string of the molecule is CC(C)(C)c1ccc2c(c1)c1ccccc1n2-c1ccc(-c2nc(-c3ccccc3)no2)cc1.c1ccc(-c2ccc3c(c2)c2ccccc2n3-c2ccc(-c3nc(-c4ccccc4)no3)cc2)cc1.c1ccc(-c2noc(-c3ccc(-n4c5ccccc5c5cc(-c6cccc7ccccc67)ccc54)cc3)n2)cc1. The third-order valence-electron chi connectivity index (χ3n) is 20.6. The fraction of sp³-hybridized carbons (Fsp3) is 0.0408. The summed E-state index contributed by atoms with van der Waals surface area (Å²) < 4.78 is 23.7. The van der Waals surface area contributed by atoms with Crippen molar-refractivity contribution in [2.24, 2.45) is 0 Å². The van der Waals surface area contributed by atoms with Gasteiger partial charge in [0.1, 0.15) is 0 Å². The van der Waals surface area contributed by atoms with Gasteiger partial charge in [-0.15, -0.1) is 0 Å². The first-order valence-electron chi connectivity index (χ1n) is 36.8. The molecule has 110 heavy (non-hydrogen) atoms. The van der Waals surface area contributed by atoms with Crippen LogP contribution < -0.4 is 0 Å². The van der Waals surface area contributed by atoms with Crippen LogP contribution in [0.15, 0.2) is 378 Å². The highest BCUT2D eigenvalue weighted by molar-refractivity contribution is 6.13. The fourth-order valence-corrected chi connectivity index (χ4v) is 15.1. The van der Waals surface area contributed by atoms with Gasteiger partial charge in [-0.2, -0.15) is 15.0 Å². The first-order valence-corrected chi connectivity index (χ1v) is 36.8. The van der Waals surface area contributed by atoms with Gasteiger partial charge in [0.2, 0.25) is 17.5 Å². The molecule has 6 heterocycles. The van der Waals surface area contributed by atoms with Crippen molar-refractivity contribution in [3.63, 3.8) is 0 Å². The second-order valence-electron chi connectivity index (χ2n) is 28.4. The van der Waals surface area contributed by atoms with Crippen molar-refractivity contribution in [1.82, 2.24) is 44.1 Å². The Balaban J connectivity index is 0.000000112. The zero-order chi connectivity index (χ0) is 73.7. The molecule has 0 fully saturated rings. The lowest BCUT2D eigenvalue weighted by atomic mass is 9.86. The van der Waals surface area contributed by atoms with Gasteiger partial charge in [-0.25, -0.2) is 0 Å². The van der Waals surface area contributed by atoms with Crippen molar-refractivity contribution < 1.29 is 13.6 Å². The monoisotopic (exact) mass is 1420 g/mol. The molecular formula is C98H69N9O3. The second kappa shape index (κ2) is 28.0. The zero-order valence-electron chi connectivity index (χ0n) is 60.4. The van der Waals surface area contributed by atoms with Crippen molar-refractivity contribution in [3.8, 4) is 108 Å². The van der Waals surface area contributed by atoms with E-state index in [2.05, 4.69) is 295 Å². The molecule has 0 amide bonds. The van der Waals surface area contributed by atoms with E-state index in [0.717, 1.165) is 50.4 Å². The van der Waals surface area contributed by atoms with E-state index in [9.17, 15) is 0 Å². The molecule has 0 saturated carbocycles. The maximum Gasteiger partial charge on any atom is 0.258 e. The normalized spacial score (nSPS) is 11.6. The van der Waals surface area contributed by atoms with Gasteiger partial charge < -0.3 is 27.3 Å². The van der Waals surface area contributed by atoms with Crippen molar-refractivity contribution in [1.29, 1.82) is 0 Å². The van der Waals surface area contributed by atoms with Crippen LogP contribution in [0.5, 0.6) is 0 Å². The van der Waals surface area contributed by atoms with Crippen LogP contribution in [-0.2, 0) is 5.41 Å². The number of nitrogens with zero attached hydrogens (tertiary/aromatic N) is 9. The topological polar surface area (TPSA) is 132 Å². The number of rotatable bonds is 11. The summed E-state index contributed by atoms with van der Waals surface area (Å²) in [6.45, 7) is 6.77. The smallest absolute Gasteiger partial charge is 0.258 e. The van der Waals surface area contributed by atoms with Crippen LogP contribution >= 0.6 is 0 Å². The molecule has 0 N–H and O–H groups in total. The quantitative estimate of drug-likeness (QED) is 0.124. The van der Waals surface area contributed by atoms with Crippen molar-refractivity contribution in [2.75, 3.05) is 0 Å². The zero-order valence-corrected chi connectivity index (χ0v) is 60.4. The van der Waals surface area contributed by atoms with Gasteiger partial charge in [0, 0.05) is 82.8 Å². The maximum atomic E-state index is 5.59. The second-order valence-corrected chi connectivity index (χ2v) is 28.4. The molecule has 21 aromatic rings. The lowest BCUT2D eigenvalue weighted by molar-refractivity contribution is 0.432. The predicted molar refractivity (Wildman–Crippen MR) is 446 cm³/mol. The summed E-state index contributed by atoms with van der Waals surface area (Å²) >= 11 is 0. The number of hydrogen-bond donors (Lipinski definition) is 0. The minimum absolute atomic E-state index is 0.0989. The molecule has 15 aromatic carbocycles. The lowest BCUT2D eigenvalue weighted by Gasteiger charge is -2.19. The Morgan fingerprint density at radius 2 is 0.536 bits per heavy atom. The summed E-state index contributed by atoms with van der Waals surface area (Å²) in [4.78, 5) is 13.8. The molecule has 12 nitrogen and oxygen atoms in total. The van der Waals surface area contributed by atoms with E-state index in [-0.39, 0.29) is 5.41 Å². The van der Waals surface area contributed by atoms with Gasteiger partial charge in [-0.3, -0.25) is 0 Å². The number of benzene rings is 15. The van der Waals surface area contributed by atoms with Crippen LogP contribution in [0.4, 0.5) is 0 Å². The van der Waals surface area contributed by atoms with Crippen molar-refractivity contribution >= 4 is 76.2 Å². The fourth-order valence-electron chi connectivity index (χ4n) is 15.1. The molecule has 12 heteroatoms. The Kier molecular flexibility index (Phi) is 16.8. The highest BCUT2D eigenvalue weighted by Crippen LogP contribution is 2.41. The number of aromatic nitrogens is 9. The number of fused-ring (bicyclic) bond motifs is 10. The standard InChI is InChI=1S/C36H23N3O.C32H21N3O.C30H25N3O/c1-2-10-25(11-3-1)35-37-36(40-38-35)26-17-20-28(21-18-26)39-33-16-7-6-14-31(33)32-23-27(19-22-34(32)39)30-15-8-12-24-9-4-5-13-29(24)30;1-3-9-22(10-4-1)25-17-20-30-28(21-25)27-13-7-8-14-29(27)35(30)26-18-15-24(16-19-26)32-33-31(34-36-32)23-11-5-2-6-12-23;1-30(2,3)22-15-18-27-25(19-22)24-11-7-8-12-26(24)33(27)23-16-13-21(14-17-23)29-31-28(32-34-29)20-9-5-4-6-10-20/h1-23H;1-21H;4-19H,1-3H3. The van der Waals surface area contributed by atoms with Crippen molar-refractivity contribution in [2.45, 2.75) is 26.2 Å². The average Bonchev–Trinajstić information content (AvgIpc) is 1.61. The van der Waals surface area contributed by atoms with E-state index in [1.807, 2.05) is 133 Å². The Morgan fingerprint density at radius 1 is 0.227 bits per heavy atom. The van der Waals surface area contributed by atoms with Crippen LogP contribution in [0.3, 0.4) is 0 Å². The summed E-state index contributed by atoms with van der Waals surface area (Å²) in [5.74, 6) is 3.30. The van der Waals surface area contributed by atoms with Crippen LogP contribution in [0.25, 0.3) is 184 Å². The molecule has 0 radical (unpaired) electrons.